The Hall–Kier alpha value is -3.04. The first-order chi connectivity index (χ1) is 12.5. The molecule has 0 aliphatic heterocycles. The number of nitrogens with zero attached hydrogens (tertiary/aromatic N) is 1. The number of carboxylic acids is 1. The predicted octanol–water partition coefficient (Wildman–Crippen LogP) is 4.45. The van der Waals surface area contributed by atoms with Crippen molar-refractivity contribution < 1.29 is 23.8 Å². The standard InChI is InChI=1S/C19H15ClFNO4/c1-2-25-17-9-12(7-14(10-22)19(23)24)8-15(20)18(17)26-11-13-5-3-4-6-16(13)21/h3-9H,2,11H2,1H3,(H,23,24). The maximum absolute atomic E-state index is 13.7. The Morgan fingerprint density at radius 1 is 1.35 bits per heavy atom. The number of hydrogen-bond donors (Lipinski definition) is 1. The van der Waals surface area contributed by atoms with Gasteiger partial charge in [0.1, 0.15) is 24.1 Å². The van der Waals surface area contributed by atoms with Gasteiger partial charge in [-0.25, -0.2) is 9.18 Å². The fraction of sp³-hybridized carbons (Fsp3) is 0.158. The molecule has 26 heavy (non-hydrogen) atoms. The quantitative estimate of drug-likeness (QED) is 0.571. The summed E-state index contributed by atoms with van der Waals surface area (Å²) in [7, 11) is 0. The lowest BCUT2D eigenvalue weighted by molar-refractivity contribution is -0.132. The van der Waals surface area contributed by atoms with Crippen LogP contribution in [0, 0.1) is 17.1 Å². The molecule has 2 rings (SSSR count). The Morgan fingerprint density at radius 2 is 2.08 bits per heavy atom. The van der Waals surface area contributed by atoms with Crippen LogP contribution in [0.1, 0.15) is 18.1 Å². The van der Waals surface area contributed by atoms with Gasteiger partial charge in [-0.15, -0.1) is 0 Å². The average Bonchev–Trinajstić information content (AvgIpc) is 2.60. The van der Waals surface area contributed by atoms with E-state index in [0.717, 1.165) is 0 Å². The summed E-state index contributed by atoms with van der Waals surface area (Å²) < 4.78 is 24.8. The van der Waals surface area contributed by atoms with E-state index in [1.54, 1.807) is 31.2 Å². The molecule has 0 aromatic heterocycles. The number of nitriles is 1. The molecule has 134 valence electrons. The third-order valence-electron chi connectivity index (χ3n) is 3.32. The second kappa shape index (κ2) is 8.88. The molecule has 0 bridgehead atoms. The number of aliphatic carboxylic acids is 1. The lowest BCUT2D eigenvalue weighted by Crippen LogP contribution is -2.02. The van der Waals surface area contributed by atoms with Crippen molar-refractivity contribution in [2.24, 2.45) is 0 Å². The summed E-state index contributed by atoms with van der Waals surface area (Å²) in [5.41, 5.74) is 0.284. The third kappa shape index (κ3) is 4.74. The highest BCUT2D eigenvalue weighted by atomic mass is 35.5. The summed E-state index contributed by atoms with van der Waals surface area (Å²) in [5, 5.41) is 18.0. The van der Waals surface area contributed by atoms with E-state index in [1.807, 2.05) is 0 Å². The normalized spacial score (nSPS) is 10.9. The van der Waals surface area contributed by atoms with Crippen molar-refractivity contribution in [3.05, 3.63) is 63.9 Å². The van der Waals surface area contributed by atoms with Crippen molar-refractivity contribution in [1.29, 1.82) is 5.26 Å². The van der Waals surface area contributed by atoms with Gasteiger partial charge in [-0.3, -0.25) is 0 Å². The van der Waals surface area contributed by atoms with Gasteiger partial charge in [0, 0.05) is 5.56 Å². The summed E-state index contributed by atoms with van der Waals surface area (Å²) in [5.74, 6) is -1.27. The minimum Gasteiger partial charge on any atom is -0.490 e. The highest BCUT2D eigenvalue weighted by molar-refractivity contribution is 6.32. The molecule has 0 aliphatic rings. The molecule has 0 saturated carbocycles. The second-order valence-corrected chi connectivity index (χ2v) is 5.53. The zero-order valence-corrected chi connectivity index (χ0v) is 14.6. The van der Waals surface area contributed by atoms with Gasteiger partial charge in [0.25, 0.3) is 0 Å². The molecular formula is C19H15ClFNO4. The van der Waals surface area contributed by atoms with Crippen LogP contribution in [0.15, 0.2) is 42.0 Å². The summed E-state index contributed by atoms with van der Waals surface area (Å²) in [6.07, 6.45) is 1.18. The van der Waals surface area contributed by atoms with Crippen molar-refractivity contribution in [3.63, 3.8) is 0 Å². The van der Waals surface area contributed by atoms with Crippen LogP contribution in [0.3, 0.4) is 0 Å². The molecule has 1 N–H and O–H groups in total. The first-order valence-electron chi connectivity index (χ1n) is 7.63. The molecule has 0 heterocycles. The van der Waals surface area contributed by atoms with Gasteiger partial charge in [-0.1, -0.05) is 29.8 Å². The van der Waals surface area contributed by atoms with Crippen LogP contribution in [0.4, 0.5) is 4.39 Å². The van der Waals surface area contributed by atoms with E-state index < -0.39 is 17.4 Å². The number of carbonyl (C=O) groups is 1. The zero-order valence-electron chi connectivity index (χ0n) is 13.8. The molecule has 0 saturated heterocycles. The summed E-state index contributed by atoms with van der Waals surface area (Å²) in [6, 6.07) is 10.7. The summed E-state index contributed by atoms with van der Waals surface area (Å²) in [6.45, 7) is 2.01. The number of halogens is 2. The minimum absolute atomic E-state index is 0.0553. The van der Waals surface area contributed by atoms with Gasteiger partial charge in [0.05, 0.1) is 11.6 Å². The fourth-order valence-corrected chi connectivity index (χ4v) is 2.42. The molecule has 2 aromatic rings. The van der Waals surface area contributed by atoms with E-state index in [0.29, 0.717) is 17.7 Å². The Labute approximate surface area is 154 Å². The SMILES string of the molecule is CCOc1cc(C=C(C#N)C(=O)O)cc(Cl)c1OCc1ccccc1F. The molecule has 7 heteroatoms. The van der Waals surface area contributed by atoms with Gasteiger partial charge in [0.15, 0.2) is 11.5 Å². The van der Waals surface area contributed by atoms with E-state index in [4.69, 9.17) is 31.4 Å². The topological polar surface area (TPSA) is 79.5 Å². The molecule has 5 nitrogen and oxygen atoms in total. The van der Waals surface area contributed by atoms with E-state index in [2.05, 4.69) is 0 Å². The number of rotatable bonds is 7. The van der Waals surface area contributed by atoms with Gasteiger partial charge < -0.3 is 14.6 Å². The Balaban J connectivity index is 2.36. The average molecular weight is 376 g/mol. The molecule has 0 unspecified atom stereocenters. The first-order valence-corrected chi connectivity index (χ1v) is 8.01. The van der Waals surface area contributed by atoms with E-state index >= 15 is 0 Å². The molecule has 0 amide bonds. The maximum Gasteiger partial charge on any atom is 0.346 e. The Morgan fingerprint density at radius 3 is 2.69 bits per heavy atom. The monoisotopic (exact) mass is 375 g/mol. The highest BCUT2D eigenvalue weighted by Gasteiger charge is 2.15. The lowest BCUT2D eigenvalue weighted by atomic mass is 10.1. The third-order valence-corrected chi connectivity index (χ3v) is 3.60. The molecular weight excluding hydrogens is 361 g/mol. The molecule has 0 aliphatic carbocycles. The van der Waals surface area contributed by atoms with Gasteiger partial charge >= 0.3 is 5.97 Å². The van der Waals surface area contributed by atoms with Crippen molar-refractivity contribution >= 4 is 23.6 Å². The number of hydrogen-bond acceptors (Lipinski definition) is 4. The van der Waals surface area contributed by atoms with Crippen molar-refractivity contribution in [3.8, 4) is 17.6 Å². The van der Waals surface area contributed by atoms with Gasteiger partial charge in [-0.2, -0.15) is 5.26 Å². The van der Waals surface area contributed by atoms with Crippen LogP contribution in [-0.4, -0.2) is 17.7 Å². The van der Waals surface area contributed by atoms with Crippen molar-refractivity contribution in [2.45, 2.75) is 13.5 Å². The van der Waals surface area contributed by atoms with Crippen LogP contribution in [-0.2, 0) is 11.4 Å². The summed E-state index contributed by atoms with van der Waals surface area (Å²) >= 11 is 6.22. The maximum atomic E-state index is 13.7. The van der Waals surface area contributed by atoms with Crippen LogP contribution in [0.5, 0.6) is 11.5 Å². The number of benzene rings is 2. The van der Waals surface area contributed by atoms with E-state index in [9.17, 15) is 9.18 Å². The van der Waals surface area contributed by atoms with Gasteiger partial charge in [-0.05, 0) is 36.8 Å². The summed E-state index contributed by atoms with van der Waals surface area (Å²) in [4.78, 5) is 11.0. The first kappa shape index (κ1) is 19.3. The Kier molecular flexibility index (Phi) is 6.59. The predicted molar refractivity (Wildman–Crippen MR) is 94.6 cm³/mol. The highest BCUT2D eigenvalue weighted by Crippen LogP contribution is 2.38. The lowest BCUT2D eigenvalue weighted by Gasteiger charge is -2.15. The Bertz CT molecular complexity index is 890. The number of carboxylic acid groups (broad SMARTS) is 1. The van der Waals surface area contributed by atoms with Crippen molar-refractivity contribution in [2.75, 3.05) is 6.61 Å². The van der Waals surface area contributed by atoms with Crippen LogP contribution in [0.25, 0.3) is 6.08 Å². The molecule has 0 spiro atoms. The largest absolute Gasteiger partial charge is 0.490 e. The number of ether oxygens (including phenoxy) is 2. The molecule has 2 aromatic carbocycles. The molecule has 0 radical (unpaired) electrons. The van der Waals surface area contributed by atoms with E-state index in [-0.39, 0.29) is 23.1 Å². The molecule has 0 fully saturated rings. The zero-order chi connectivity index (χ0) is 19.1. The minimum atomic E-state index is -1.35. The second-order valence-electron chi connectivity index (χ2n) is 5.12. The molecule has 0 atom stereocenters. The fourth-order valence-electron chi connectivity index (χ4n) is 2.15. The van der Waals surface area contributed by atoms with Crippen molar-refractivity contribution in [1.82, 2.24) is 0 Å². The van der Waals surface area contributed by atoms with Crippen LogP contribution < -0.4 is 9.47 Å². The van der Waals surface area contributed by atoms with Gasteiger partial charge in [0.2, 0.25) is 0 Å². The van der Waals surface area contributed by atoms with Crippen LogP contribution in [0.2, 0.25) is 5.02 Å². The van der Waals surface area contributed by atoms with E-state index in [1.165, 1.54) is 24.3 Å². The smallest absolute Gasteiger partial charge is 0.346 e. The van der Waals surface area contributed by atoms with Crippen LogP contribution >= 0.6 is 11.6 Å².